The minimum Gasteiger partial charge on any atom is -0.361 e. The lowest BCUT2D eigenvalue weighted by Gasteiger charge is -2.33. The molecule has 0 atom stereocenters. The lowest BCUT2D eigenvalue weighted by Crippen LogP contribution is -2.39. The lowest BCUT2D eigenvalue weighted by atomic mass is 9.84. The van der Waals surface area contributed by atoms with Crippen LogP contribution in [0.1, 0.15) is 74.1 Å². The molecule has 0 unspecified atom stereocenters. The Morgan fingerprint density at radius 3 is 2.74 bits per heavy atom. The molecule has 0 radical (unpaired) electrons. The van der Waals surface area contributed by atoms with Crippen LogP contribution in [0.5, 0.6) is 0 Å². The van der Waals surface area contributed by atoms with Crippen LogP contribution >= 0.6 is 0 Å². The lowest BCUT2D eigenvalue weighted by molar-refractivity contribution is -0.121. The number of hydrogen-bond acceptors (Lipinski definition) is 7. The van der Waals surface area contributed by atoms with Crippen molar-refractivity contribution >= 4 is 11.9 Å². The van der Waals surface area contributed by atoms with Gasteiger partial charge in [0.25, 0.3) is 0 Å². The molecule has 0 spiro atoms. The van der Waals surface area contributed by atoms with Gasteiger partial charge in [-0.2, -0.15) is 0 Å². The molecule has 184 valence electrons. The van der Waals surface area contributed by atoms with E-state index in [-0.39, 0.29) is 12.3 Å². The minimum atomic E-state index is 0.0393. The Morgan fingerprint density at radius 2 is 1.97 bits per heavy atom. The maximum absolute atomic E-state index is 12.3. The number of carbonyl (C=O) groups is 1. The van der Waals surface area contributed by atoms with Crippen molar-refractivity contribution in [1.29, 1.82) is 0 Å². The van der Waals surface area contributed by atoms with Crippen LogP contribution in [-0.4, -0.2) is 58.2 Å². The molecule has 2 aliphatic heterocycles. The molecule has 5 rings (SSSR count). The second-order valence-corrected chi connectivity index (χ2v) is 10.4. The van der Waals surface area contributed by atoms with Crippen LogP contribution in [0.25, 0.3) is 0 Å². The van der Waals surface area contributed by atoms with E-state index in [9.17, 15) is 4.79 Å². The predicted octanol–water partition coefficient (Wildman–Crippen LogP) is 3.43. The summed E-state index contributed by atoms with van der Waals surface area (Å²) < 4.78 is 5.16. The molecule has 2 aromatic heterocycles. The summed E-state index contributed by atoms with van der Waals surface area (Å²) in [6.45, 7) is 7.23. The molecule has 3 aliphatic rings. The van der Waals surface area contributed by atoms with Gasteiger partial charge in [0, 0.05) is 44.5 Å². The molecular weight excluding hydrogens is 428 g/mol. The number of fused-ring (bicyclic) bond motifs is 1. The fourth-order valence-electron chi connectivity index (χ4n) is 5.68. The molecule has 1 saturated carbocycles. The van der Waals surface area contributed by atoms with E-state index in [4.69, 9.17) is 9.51 Å². The van der Waals surface area contributed by atoms with E-state index in [1.807, 2.05) is 13.0 Å². The minimum absolute atomic E-state index is 0.0393. The largest absolute Gasteiger partial charge is 0.361 e. The number of amides is 1. The predicted molar refractivity (Wildman–Crippen MR) is 131 cm³/mol. The Morgan fingerprint density at radius 1 is 1.15 bits per heavy atom. The van der Waals surface area contributed by atoms with Gasteiger partial charge >= 0.3 is 0 Å². The molecule has 0 bridgehead atoms. The quantitative estimate of drug-likeness (QED) is 0.669. The molecule has 1 aliphatic carbocycles. The number of nitrogens with zero attached hydrogens (tertiary/aromatic N) is 5. The third kappa shape index (κ3) is 5.95. The van der Waals surface area contributed by atoms with Gasteiger partial charge in [-0.1, -0.05) is 5.16 Å². The van der Waals surface area contributed by atoms with E-state index in [1.54, 1.807) is 0 Å². The first-order chi connectivity index (χ1) is 16.6. The van der Waals surface area contributed by atoms with Crippen LogP contribution < -0.4 is 10.2 Å². The highest BCUT2D eigenvalue weighted by Gasteiger charge is 2.25. The maximum atomic E-state index is 12.3. The van der Waals surface area contributed by atoms with Gasteiger partial charge in [0.1, 0.15) is 5.76 Å². The smallest absolute Gasteiger partial charge is 0.227 e. The molecule has 1 amide bonds. The zero-order valence-electron chi connectivity index (χ0n) is 20.5. The summed E-state index contributed by atoms with van der Waals surface area (Å²) in [6, 6.07) is 2.12. The van der Waals surface area contributed by atoms with Crippen molar-refractivity contribution in [2.45, 2.75) is 83.7 Å². The van der Waals surface area contributed by atoms with Crippen LogP contribution in [0.2, 0.25) is 0 Å². The fraction of sp³-hybridized carbons (Fsp3) is 0.692. The number of aromatic nitrogens is 3. The molecule has 1 saturated heterocycles. The number of carbonyl (C=O) groups excluding carboxylic acids is 1. The average Bonchev–Trinajstić information content (AvgIpc) is 3.27. The van der Waals surface area contributed by atoms with Crippen molar-refractivity contribution in [3.8, 4) is 0 Å². The van der Waals surface area contributed by atoms with Crippen molar-refractivity contribution in [2.24, 2.45) is 5.92 Å². The van der Waals surface area contributed by atoms with Gasteiger partial charge in [0.15, 0.2) is 0 Å². The average molecular weight is 467 g/mol. The molecule has 1 N–H and O–H groups in total. The number of nitrogens with one attached hydrogen (secondary N) is 1. The van der Waals surface area contributed by atoms with Gasteiger partial charge < -0.3 is 14.7 Å². The monoisotopic (exact) mass is 466 g/mol. The third-order valence-corrected chi connectivity index (χ3v) is 7.73. The van der Waals surface area contributed by atoms with Crippen LogP contribution in [0.15, 0.2) is 16.8 Å². The van der Waals surface area contributed by atoms with Crippen LogP contribution in [0.4, 0.5) is 5.95 Å². The first-order valence-electron chi connectivity index (χ1n) is 13.2. The van der Waals surface area contributed by atoms with Crippen molar-refractivity contribution < 1.29 is 9.32 Å². The Labute approximate surface area is 202 Å². The molecule has 8 nitrogen and oxygen atoms in total. The van der Waals surface area contributed by atoms with E-state index < -0.39 is 0 Å². The van der Waals surface area contributed by atoms with Gasteiger partial charge in [-0.05, 0) is 82.7 Å². The van der Waals surface area contributed by atoms with Gasteiger partial charge in [-0.3, -0.25) is 9.69 Å². The Balaban J connectivity index is 1.04. The molecule has 8 heteroatoms. The number of hydrogen-bond donors (Lipinski definition) is 1. The van der Waals surface area contributed by atoms with Crippen molar-refractivity contribution in [3.63, 3.8) is 0 Å². The summed E-state index contributed by atoms with van der Waals surface area (Å²) >= 11 is 0. The van der Waals surface area contributed by atoms with Gasteiger partial charge in [-0.25, -0.2) is 9.97 Å². The first-order valence-corrected chi connectivity index (χ1v) is 13.2. The van der Waals surface area contributed by atoms with Crippen LogP contribution in [-0.2, 0) is 24.2 Å². The Hall–Kier alpha value is -2.48. The molecule has 2 aromatic rings. The summed E-state index contributed by atoms with van der Waals surface area (Å²) in [5, 5.41) is 7.05. The van der Waals surface area contributed by atoms with Gasteiger partial charge in [0.05, 0.1) is 17.8 Å². The third-order valence-electron chi connectivity index (χ3n) is 7.73. The molecule has 0 aromatic carbocycles. The van der Waals surface area contributed by atoms with E-state index in [0.717, 1.165) is 69.5 Å². The second kappa shape index (κ2) is 10.8. The van der Waals surface area contributed by atoms with E-state index in [0.29, 0.717) is 11.8 Å². The Kier molecular flexibility index (Phi) is 7.42. The summed E-state index contributed by atoms with van der Waals surface area (Å²) in [5.41, 5.74) is 3.37. The maximum Gasteiger partial charge on any atom is 0.227 e. The van der Waals surface area contributed by atoms with E-state index in [2.05, 4.69) is 31.5 Å². The normalized spacial score (nSPS) is 23.5. The number of aryl methyl sites for hydroxylation is 1. The van der Waals surface area contributed by atoms with Crippen molar-refractivity contribution in [3.05, 3.63) is 35.0 Å². The topological polar surface area (TPSA) is 87.4 Å². The van der Waals surface area contributed by atoms with Gasteiger partial charge in [0.2, 0.25) is 11.9 Å². The van der Waals surface area contributed by atoms with Gasteiger partial charge in [-0.15, -0.1) is 0 Å². The fourth-order valence-corrected chi connectivity index (χ4v) is 5.68. The number of rotatable bonds is 7. The molecule has 4 heterocycles. The summed E-state index contributed by atoms with van der Waals surface area (Å²) in [4.78, 5) is 26.9. The highest BCUT2D eigenvalue weighted by molar-refractivity contribution is 5.78. The Bertz CT molecular complexity index is 962. The second-order valence-electron chi connectivity index (χ2n) is 10.4. The summed E-state index contributed by atoms with van der Waals surface area (Å²) in [7, 11) is 0. The summed E-state index contributed by atoms with van der Waals surface area (Å²) in [5.74, 6) is 2.36. The SMILES string of the molecule is Cc1cc(CC(=O)N[C@H]2CC[C@H](CCN3CCc4cnc(N5CCCCC5)nc4C3)CC2)on1. The first kappa shape index (κ1) is 23.3. The molecule has 2 fully saturated rings. The number of piperidine rings is 1. The highest BCUT2D eigenvalue weighted by atomic mass is 16.5. The molecular formula is C26H38N6O2. The van der Waals surface area contributed by atoms with Crippen molar-refractivity contribution in [2.75, 3.05) is 31.1 Å². The van der Waals surface area contributed by atoms with E-state index in [1.165, 1.54) is 49.8 Å². The van der Waals surface area contributed by atoms with Crippen molar-refractivity contribution in [1.82, 2.24) is 25.3 Å². The zero-order valence-corrected chi connectivity index (χ0v) is 20.5. The highest BCUT2D eigenvalue weighted by Crippen LogP contribution is 2.28. The van der Waals surface area contributed by atoms with Crippen LogP contribution in [0.3, 0.4) is 0 Å². The van der Waals surface area contributed by atoms with E-state index >= 15 is 0 Å². The summed E-state index contributed by atoms with van der Waals surface area (Å²) in [6.07, 6.45) is 13.0. The standard InChI is InChI=1S/C26H38N6O2/c1-19-15-23(34-30-19)16-25(33)28-22-7-5-20(6-8-22)9-13-31-14-10-21-17-27-26(29-24(21)18-31)32-11-3-2-4-12-32/h15,17,20,22H,2-14,16,18H2,1H3,(H,28,33)/t20-,22-. The van der Waals surface area contributed by atoms with Crippen LogP contribution in [0, 0.1) is 12.8 Å². The number of anilines is 1. The molecule has 34 heavy (non-hydrogen) atoms. The zero-order chi connectivity index (χ0) is 23.3.